The van der Waals surface area contributed by atoms with E-state index in [0.29, 0.717) is 35.9 Å². The van der Waals surface area contributed by atoms with Gasteiger partial charge in [-0.15, -0.1) is 0 Å². The number of carbonyl (C=O) groups excluding carboxylic acids is 2. The number of piperidine rings is 2. The van der Waals surface area contributed by atoms with Gasteiger partial charge in [-0.25, -0.2) is 4.52 Å². The molecule has 0 unspecified atom stereocenters. The van der Waals surface area contributed by atoms with E-state index in [1.165, 1.54) is 12.0 Å². The fraction of sp³-hybridized carbons (Fsp3) is 0.423. The molecule has 7 heteroatoms. The van der Waals surface area contributed by atoms with Crippen LogP contribution >= 0.6 is 0 Å². The molecule has 0 bridgehead atoms. The van der Waals surface area contributed by atoms with Gasteiger partial charge in [0.2, 0.25) is 0 Å². The highest BCUT2D eigenvalue weighted by atomic mass is 16.5. The Morgan fingerprint density at radius 2 is 1.70 bits per heavy atom. The summed E-state index contributed by atoms with van der Waals surface area (Å²) in [5.74, 6) is 1.19. The third-order valence-electron chi connectivity index (χ3n) is 6.99. The van der Waals surface area contributed by atoms with Gasteiger partial charge in [0.25, 0.3) is 11.8 Å². The van der Waals surface area contributed by atoms with Crippen molar-refractivity contribution in [3.05, 3.63) is 65.5 Å². The highest BCUT2D eigenvalue weighted by Crippen LogP contribution is 2.30. The molecule has 0 N–H and O–H groups in total. The van der Waals surface area contributed by atoms with E-state index in [0.717, 1.165) is 44.3 Å². The number of ether oxygens (including phenoxy) is 1. The number of hydrogen-bond acceptors (Lipinski definition) is 4. The van der Waals surface area contributed by atoms with Crippen molar-refractivity contribution in [3.63, 3.8) is 0 Å². The Morgan fingerprint density at radius 1 is 0.939 bits per heavy atom. The summed E-state index contributed by atoms with van der Waals surface area (Å²) in [4.78, 5) is 29.9. The molecule has 0 saturated carbocycles. The fourth-order valence-electron chi connectivity index (χ4n) is 5.04. The van der Waals surface area contributed by atoms with Crippen LogP contribution < -0.4 is 4.74 Å². The number of methoxy groups -OCH3 is 1. The molecule has 2 aliphatic rings. The summed E-state index contributed by atoms with van der Waals surface area (Å²) in [6, 6.07) is 11.5. The zero-order valence-corrected chi connectivity index (χ0v) is 19.1. The Hall–Kier alpha value is -3.35. The van der Waals surface area contributed by atoms with Crippen LogP contribution in [0.2, 0.25) is 0 Å². The van der Waals surface area contributed by atoms with Gasteiger partial charge in [0.1, 0.15) is 5.75 Å². The molecule has 0 radical (unpaired) electrons. The number of rotatable bonds is 4. The molecule has 0 aliphatic carbocycles. The molecule has 7 nitrogen and oxygen atoms in total. The van der Waals surface area contributed by atoms with Crippen LogP contribution in [-0.2, 0) is 0 Å². The molecule has 1 aromatic carbocycles. The van der Waals surface area contributed by atoms with Crippen LogP contribution in [0.3, 0.4) is 0 Å². The van der Waals surface area contributed by atoms with Crippen molar-refractivity contribution < 1.29 is 14.3 Å². The number of likely N-dealkylation sites (tertiary alicyclic amines) is 2. The maximum atomic E-state index is 13.1. The molecule has 172 valence electrons. The Labute approximate surface area is 193 Å². The lowest BCUT2D eigenvalue weighted by atomic mass is 9.89. The highest BCUT2D eigenvalue weighted by molar-refractivity contribution is 6.00. The van der Waals surface area contributed by atoms with Crippen LogP contribution in [0.15, 0.2) is 48.8 Å². The first-order chi connectivity index (χ1) is 16.1. The van der Waals surface area contributed by atoms with Crippen molar-refractivity contribution in [1.82, 2.24) is 19.4 Å². The van der Waals surface area contributed by atoms with E-state index in [9.17, 15) is 9.59 Å². The van der Waals surface area contributed by atoms with Gasteiger partial charge in [-0.1, -0.05) is 6.07 Å². The average Bonchev–Trinajstić information content (AvgIpc) is 3.32. The summed E-state index contributed by atoms with van der Waals surface area (Å²) in [5.41, 5.74) is 3.43. The van der Waals surface area contributed by atoms with Gasteiger partial charge in [0.15, 0.2) is 0 Å². The molecule has 33 heavy (non-hydrogen) atoms. The third-order valence-corrected chi connectivity index (χ3v) is 6.99. The van der Waals surface area contributed by atoms with E-state index in [2.05, 4.69) is 17.2 Å². The number of fused-ring (bicyclic) bond motifs is 1. The number of pyridine rings is 1. The number of hydrogen-bond donors (Lipinski definition) is 0. The average molecular weight is 447 g/mol. The Morgan fingerprint density at radius 3 is 2.45 bits per heavy atom. The second kappa shape index (κ2) is 9.25. The van der Waals surface area contributed by atoms with Gasteiger partial charge in [-0.2, -0.15) is 5.10 Å². The maximum absolute atomic E-state index is 13.1. The lowest BCUT2D eigenvalue weighted by molar-refractivity contribution is 0.0709. The van der Waals surface area contributed by atoms with Crippen molar-refractivity contribution >= 4 is 17.3 Å². The first kappa shape index (κ1) is 21.5. The first-order valence-electron chi connectivity index (χ1n) is 11.8. The van der Waals surface area contributed by atoms with Crippen LogP contribution in [0, 0.1) is 0 Å². The largest absolute Gasteiger partial charge is 0.497 e. The second-order valence-electron chi connectivity index (χ2n) is 9.00. The van der Waals surface area contributed by atoms with E-state index < -0.39 is 0 Å². The first-order valence-corrected chi connectivity index (χ1v) is 11.8. The third kappa shape index (κ3) is 4.32. The molecule has 2 amide bonds. The Kier molecular flexibility index (Phi) is 6.03. The molecule has 4 heterocycles. The predicted octanol–water partition coefficient (Wildman–Crippen LogP) is 3.99. The molecule has 3 aromatic rings. The number of aromatic nitrogens is 2. The summed E-state index contributed by atoms with van der Waals surface area (Å²) in [7, 11) is 1.61. The lowest BCUT2D eigenvalue weighted by Crippen LogP contribution is -2.38. The molecular formula is C26H30N4O3. The standard InChI is InChI=1S/C26H30N4O3/c1-33-22-7-5-6-21(16-22)25(31)29-13-8-19(9-14-29)20-10-15-30-24(17-20)23(18-27-30)26(32)28-11-3-2-4-12-28/h5-7,10,15-19H,2-4,8-9,11-14H2,1H3. The number of carbonyl (C=O) groups is 2. The monoisotopic (exact) mass is 446 g/mol. The number of nitrogens with zero attached hydrogens (tertiary/aromatic N) is 4. The highest BCUT2D eigenvalue weighted by Gasteiger charge is 2.26. The summed E-state index contributed by atoms with van der Waals surface area (Å²) in [5, 5.41) is 4.41. The van der Waals surface area contributed by atoms with Crippen molar-refractivity contribution in [3.8, 4) is 5.75 Å². The van der Waals surface area contributed by atoms with Crippen LogP contribution in [0.25, 0.3) is 5.52 Å². The zero-order chi connectivity index (χ0) is 22.8. The molecule has 2 aromatic heterocycles. The van der Waals surface area contributed by atoms with Gasteiger partial charge in [-0.3, -0.25) is 9.59 Å². The minimum absolute atomic E-state index is 0.0491. The molecule has 0 spiro atoms. The maximum Gasteiger partial charge on any atom is 0.257 e. The van der Waals surface area contributed by atoms with Crippen molar-refractivity contribution in [1.29, 1.82) is 0 Å². The minimum atomic E-state index is 0.0491. The van der Waals surface area contributed by atoms with Crippen molar-refractivity contribution in [2.75, 3.05) is 33.3 Å². The summed E-state index contributed by atoms with van der Waals surface area (Å²) >= 11 is 0. The van der Waals surface area contributed by atoms with Crippen LogP contribution in [0.1, 0.15) is 64.3 Å². The second-order valence-corrected chi connectivity index (χ2v) is 9.00. The summed E-state index contributed by atoms with van der Waals surface area (Å²) in [6.45, 7) is 3.08. The van der Waals surface area contributed by atoms with E-state index in [-0.39, 0.29) is 11.8 Å². The quantitative estimate of drug-likeness (QED) is 0.608. The van der Waals surface area contributed by atoms with Crippen molar-refractivity contribution in [2.45, 2.75) is 38.0 Å². The molecule has 2 fully saturated rings. The van der Waals surface area contributed by atoms with Gasteiger partial charge < -0.3 is 14.5 Å². The number of amides is 2. The Balaban J connectivity index is 1.29. The van der Waals surface area contributed by atoms with Crippen LogP contribution in [0.5, 0.6) is 5.75 Å². The molecule has 0 atom stereocenters. The van der Waals surface area contributed by atoms with Gasteiger partial charge in [0.05, 0.1) is 24.4 Å². The normalized spacial score (nSPS) is 17.4. The van der Waals surface area contributed by atoms with Gasteiger partial charge in [0, 0.05) is 37.9 Å². The summed E-state index contributed by atoms with van der Waals surface area (Å²) in [6.07, 6.45) is 8.79. The molecule has 2 saturated heterocycles. The van der Waals surface area contributed by atoms with Crippen LogP contribution in [-0.4, -0.2) is 64.5 Å². The smallest absolute Gasteiger partial charge is 0.257 e. The van der Waals surface area contributed by atoms with E-state index in [1.807, 2.05) is 34.2 Å². The van der Waals surface area contributed by atoms with E-state index in [4.69, 9.17) is 4.74 Å². The minimum Gasteiger partial charge on any atom is -0.497 e. The zero-order valence-electron chi connectivity index (χ0n) is 19.1. The van der Waals surface area contributed by atoms with E-state index in [1.54, 1.807) is 23.9 Å². The van der Waals surface area contributed by atoms with Gasteiger partial charge in [-0.05, 0) is 73.9 Å². The fourth-order valence-corrected chi connectivity index (χ4v) is 5.04. The number of benzene rings is 1. The molecule has 2 aliphatic heterocycles. The van der Waals surface area contributed by atoms with Gasteiger partial charge >= 0.3 is 0 Å². The summed E-state index contributed by atoms with van der Waals surface area (Å²) < 4.78 is 7.05. The Bertz CT molecular complexity index is 1160. The molecule has 5 rings (SSSR count). The topological polar surface area (TPSA) is 67.2 Å². The van der Waals surface area contributed by atoms with Crippen LogP contribution in [0.4, 0.5) is 0 Å². The predicted molar refractivity (Wildman–Crippen MR) is 126 cm³/mol. The molecular weight excluding hydrogens is 416 g/mol. The van der Waals surface area contributed by atoms with Crippen molar-refractivity contribution in [2.24, 2.45) is 0 Å². The van der Waals surface area contributed by atoms with E-state index >= 15 is 0 Å². The SMILES string of the molecule is COc1cccc(C(=O)N2CCC(c3ccn4ncc(C(=O)N5CCCCC5)c4c3)CC2)c1. The lowest BCUT2D eigenvalue weighted by Gasteiger charge is -2.32.